The van der Waals surface area contributed by atoms with E-state index in [1.54, 1.807) is 18.2 Å². The molecule has 0 spiro atoms. The normalized spacial score (nSPS) is 10.7. The molecular formula is C23H22Cl2FNO2. The summed E-state index contributed by atoms with van der Waals surface area (Å²) in [6.07, 6.45) is 0. The maximum Gasteiger partial charge on any atom is 0.180 e. The van der Waals surface area contributed by atoms with Crippen LogP contribution in [0.15, 0.2) is 48.5 Å². The van der Waals surface area contributed by atoms with Gasteiger partial charge in [0.1, 0.15) is 12.4 Å². The first-order valence-corrected chi connectivity index (χ1v) is 9.88. The first-order chi connectivity index (χ1) is 13.9. The Morgan fingerprint density at radius 1 is 0.966 bits per heavy atom. The summed E-state index contributed by atoms with van der Waals surface area (Å²) in [5, 5.41) is 4.06. The lowest BCUT2D eigenvalue weighted by Gasteiger charge is -2.16. The zero-order valence-electron chi connectivity index (χ0n) is 16.5. The molecule has 0 unspecified atom stereocenters. The SMILES string of the molecule is COc1cc(CNc2ccc(C)c(C)c2)cc(Cl)c1OCc1c(F)cccc1Cl. The van der Waals surface area contributed by atoms with E-state index in [1.165, 1.54) is 24.3 Å². The molecule has 3 aromatic rings. The van der Waals surface area contributed by atoms with Crippen LogP contribution < -0.4 is 14.8 Å². The summed E-state index contributed by atoms with van der Waals surface area (Å²) in [7, 11) is 1.54. The van der Waals surface area contributed by atoms with E-state index in [4.69, 9.17) is 32.7 Å². The molecule has 152 valence electrons. The monoisotopic (exact) mass is 433 g/mol. The van der Waals surface area contributed by atoms with Gasteiger partial charge in [-0.3, -0.25) is 0 Å². The average molecular weight is 434 g/mol. The fourth-order valence-corrected chi connectivity index (χ4v) is 3.39. The highest BCUT2D eigenvalue weighted by molar-refractivity contribution is 6.32. The minimum Gasteiger partial charge on any atom is -0.493 e. The molecule has 3 aromatic carbocycles. The van der Waals surface area contributed by atoms with E-state index in [0.29, 0.717) is 28.1 Å². The number of anilines is 1. The summed E-state index contributed by atoms with van der Waals surface area (Å²) in [6, 6.07) is 14.4. The van der Waals surface area contributed by atoms with Gasteiger partial charge < -0.3 is 14.8 Å². The van der Waals surface area contributed by atoms with Crippen molar-refractivity contribution in [3.63, 3.8) is 0 Å². The van der Waals surface area contributed by atoms with Crippen molar-refractivity contribution in [2.24, 2.45) is 0 Å². The van der Waals surface area contributed by atoms with Crippen molar-refractivity contribution in [1.82, 2.24) is 0 Å². The van der Waals surface area contributed by atoms with Crippen molar-refractivity contribution < 1.29 is 13.9 Å². The smallest absolute Gasteiger partial charge is 0.180 e. The third-order valence-electron chi connectivity index (χ3n) is 4.72. The minimum absolute atomic E-state index is 0.0537. The minimum atomic E-state index is -0.429. The Balaban J connectivity index is 1.75. The Labute approximate surface area is 180 Å². The lowest BCUT2D eigenvalue weighted by molar-refractivity contribution is 0.280. The highest BCUT2D eigenvalue weighted by Gasteiger charge is 2.15. The van der Waals surface area contributed by atoms with Crippen LogP contribution in [0.25, 0.3) is 0 Å². The molecule has 29 heavy (non-hydrogen) atoms. The van der Waals surface area contributed by atoms with E-state index in [0.717, 1.165) is 11.3 Å². The first-order valence-electron chi connectivity index (χ1n) is 9.12. The molecule has 0 heterocycles. The predicted octanol–water partition coefficient (Wildman–Crippen LogP) is 6.95. The molecule has 0 aliphatic rings. The van der Waals surface area contributed by atoms with Crippen LogP contribution in [0, 0.1) is 19.7 Å². The van der Waals surface area contributed by atoms with Gasteiger partial charge in [-0.25, -0.2) is 4.39 Å². The lowest BCUT2D eigenvalue weighted by atomic mass is 10.1. The van der Waals surface area contributed by atoms with E-state index in [9.17, 15) is 4.39 Å². The summed E-state index contributed by atoms with van der Waals surface area (Å²) < 4.78 is 25.2. The summed E-state index contributed by atoms with van der Waals surface area (Å²) in [5.74, 6) is 0.395. The molecule has 0 aliphatic heterocycles. The highest BCUT2D eigenvalue weighted by Crippen LogP contribution is 2.37. The molecule has 0 bridgehead atoms. The third-order valence-corrected chi connectivity index (χ3v) is 5.35. The fraction of sp³-hybridized carbons (Fsp3) is 0.217. The van der Waals surface area contributed by atoms with Gasteiger partial charge in [0, 0.05) is 17.8 Å². The number of hydrogen-bond donors (Lipinski definition) is 1. The molecule has 0 aromatic heterocycles. The fourth-order valence-electron chi connectivity index (χ4n) is 2.89. The quantitative estimate of drug-likeness (QED) is 0.437. The van der Waals surface area contributed by atoms with Crippen LogP contribution in [-0.4, -0.2) is 7.11 Å². The molecule has 6 heteroatoms. The van der Waals surface area contributed by atoms with Crippen molar-refractivity contribution >= 4 is 28.9 Å². The zero-order chi connectivity index (χ0) is 21.0. The predicted molar refractivity (Wildman–Crippen MR) is 117 cm³/mol. The van der Waals surface area contributed by atoms with Gasteiger partial charge >= 0.3 is 0 Å². The van der Waals surface area contributed by atoms with Gasteiger partial charge in [0.25, 0.3) is 0 Å². The summed E-state index contributed by atoms with van der Waals surface area (Å²) in [4.78, 5) is 0. The van der Waals surface area contributed by atoms with Crippen molar-refractivity contribution in [2.45, 2.75) is 27.0 Å². The topological polar surface area (TPSA) is 30.5 Å². The maximum absolute atomic E-state index is 14.0. The molecule has 0 saturated carbocycles. The summed E-state index contributed by atoms with van der Waals surface area (Å²) >= 11 is 12.5. The third kappa shape index (κ3) is 5.14. The van der Waals surface area contributed by atoms with Crippen molar-refractivity contribution in [2.75, 3.05) is 12.4 Å². The second kappa shape index (κ2) is 9.38. The molecule has 0 aliphatic carbocycles. The number of rotatable bonds is 7. The van der Waals surface area contributed by atoms with E-state index in [2.05, 4.69) is 31.3 Å². The van der Waals surface area contributed by atoms with E-state index in [1.807, 2.05) is 12.1 Å². The number of halogens is 3. The standard InChI is InChI=1S/C23H22Cl2FNO2/c1-14-7-8-17(9-15(14)2)27-12-16-10-20(25)23(22(11-16)28-3)29-13-18-19(24)5-4-6-21(18)26/h4-11,27H,12-13H2,1-3H3. The molecule has 1 N–H and O–H groups in total. The van der Waals surface area contributed by atoms with Gasteiger partial charge in [0.15, 0.2) is 11.5 Å². The lowest BCUT2D eigenvalue weighted by Crippen LogP contribution is -2.04. The maximum atomic E-state index is 14.0. The number of ether oxygens (including phenoxy) is 2. The first kappa shape index (κ1) is 21.3. The van der Waals surface area contributed by atoms with Gasteiger partial charge in [-0.15, -0.1) is 0 Å². The van der Waals surface area contributed by atoms with Crippen LogP contribution in [-0.2, 0) is 13.2 Å². The summed E-state index contributed by atoms with van der Waals surface area (Å²) in [6.45, 7) is 4.67. The van der Waals surface area contributed by atoms with Crippen molar-refractivity contribution in [3.8, 4) is 11.5 Å². The largest absolute Gasteiger partial charge is 0.493 e. The van der Waals surface area contributed by atoms with E-state index >= 15 is 0 Å². The molecule has 0 saturated heterocycles. The molecule has 0 atom stereocenters. The number of nitrogens with one attached hydrogen (secondary N) is 1. The highest BCUT2D eigenvalue weighted by atomic mass is 35.5. The van der Waals surface area contributed by atoms with E-state index in [-0.39, 0.29) is 12.2 Å². The van der Waals surface area contributed by atoms with Crippen LogP contribution >= 0.6 is 23.2 Å². The number of benzene rings is 3. The number of aryl methyl sites for hydroxylation is 2. The molecule has 0 fully saturated rings. The van der Waals surface area contributed by atoms with Crippen LogP contribution in [0.4, 0.5) is 10.1 Å². The van der Waals surface area contributed by atoms with Gasteiger partial charge in [-0.2, -0.15) is 0 Å². The Morgan fingerprint density at radius 3 is 2.45 bits per heavy atom. The molecular weight excluding hydrogens is 412 g/mol. The van der Waals surface area contributed by atoms with Crippen LogP contribution in [0.1, 0.15) is 22.3 Å². The van der Waals surface area contributed by atoms with Gasteiger partial charge in [-0.05, 0) is 66.9 Å². The van der Waals surface area contributed by atoms with Gasteiger partial charge in [0.05, 0.1) is 17.2 Å². The number of methoxy groups -OCH3 is 1. The second-order valence-corrected chi connectivity index (χ2v) is 7.56. The Bertz CT molecular complexity index is 1000. The zero-order valence-corrected chi connectivity index (χ0v) is 18.0. The number of hydrogen-bond acceptors (Lipinski definition) is 3. The van der Waals surface area contributed by atoms with Crippen molar-refractivity contribution in [1.29, 1.82) is 0 Å². The van der Waals surface area contributed by atoms with Gasteiger partial charge in [-0.1, -0.05) is 35.3 Å². The van der Waals surface area contributed by atoms with Crippen LogP contribution in [0.2, 0.25) is 10.0 Å². The Hall–Kier alpha value is -2.43. The Morgan fingerprint density at radius 2 is 1.76 bits per heavy atom. The Kier molecular flexibility index (Phi) is 6.88. The second-order valence-electron chi connectivity index (χ2n) is 6.75. The average Bonchev–Trinajstić information content (AvgIpc) is 2.69. The molecule has 0 amide bonds. The van der Waals surface area contributed by atoms with E-state index < -0.39 is 5.82 Å². The summed E-state index contributed by atoms with van der Waals surface area (Å²) in [5.41, 5.74) is 4.70. The van der Waals surface area contributed by atoms with Crippen LogP contribution in [0.5, 0.6) is 11.5 Å². The van der Waals surface area contributed by atoms with Gasteiger partial charge in [0.2, 0.25) is 0 Å². The van der Waals surface area contributed by atoms with Crippen LogP contribution in [0.3, 0.4) is 0 Å². The molecule has 3 rings (SSSR count). The molecule has 0 radical (unpaired) electrons. The van der Waals surface area contributed by atoms with Crippen molar-refractivity contribution in [3.05, 3.63) is 86.6 Å². The molecule has 3 nitrogen and oxygen atoms in total.